The number of rotatable bonds is 5. The molecule has 2 fully saturated rings. The minimum Gasteiger partial charge on any atom is -0.477 e. The van der Waals surface area contributed by atoms with Gasteiger partial charge in [-0.05, 0) is 88.5 Å². The molecule has 0 aliphatic heterocycles. The maximum absolute atomic E-state index is 13.8. The van der Waals surface area contributed by atoms with Crippen molar-refractivity contribution in [3.8, 4) is 0 Å². The molecule has 2 saturated carbocycles. The van der Waals surface area contributed by atoms with Crippen LogP contribution in [0.1, 0.15) is 98.0 Å². The second kappa shape index (κ2) is 9.86. The van der Waals surface area contributed by atoms with Crippen LogP contribution in [0.15, 0.2) is 18.2 Å². The molecule has 1 heterocycles. The fourth-order valence-corrected chi connectivity index (χ4v) is 6.64. The summed E-state index contributed by atoms with van der Waals surface area (Å²) >= 11 is 1.35. The summed E-state index contributed by atoms with van der Waals surface area (Å²) in [6.07, 6.45) is 13.7. The quantitative estimate of drug-likeness (QED) is 0.567. The SMILES string of the molecule is CC1CCC(C(=O)N(c2cc(C3CC=CCC3)sc2C(=O)O)C2CCC(O)CC2)CC1. The highest BCUT2D eigenvalue weighted by molar-refractivity contribution is 7.14. The number of allylic oxidation sites excluding steroid dienone is 2. The van der Waals surface area contributed by atoms with Gasteiger partial charge in [-0.15, -0.1) is 11.3 Å². The normalized spacial score (nSPS) is 31.4. The summed E-state index contributed by atoms with van der Waals surface area (Å²) in [7, 11) is 0. The molecular formula is C25H35NO4S. The third-order valence-electron chi connectivity index (χ3n) is 7.49. The third-order valence-corrected chi connectivity index (χ3v) is 8.77. The summed E-state index contributed by atoms with van der Waals surface area (Å²) in [4.78, 5) is 29.3. The van der Waals surface area contributed by atoms with E-state index in [-0.39, 0.29) is 24.0 Å². The van der Waals surface area contributed by atoms with Crippen molar-refractivity contribution in [1.82, 2.24) is 0 Å². The Morgan fingerprint density at radius 2 is 1.71 bits per heavy atom. The molecule has 31 heavy (non-hydrogen) atoms. The lowest BCUT2D eigenvalue weighted by Gasteiger charge is -2.38. The van der Waals surface area contributed by atoms with Gasteiger partial charge in [0.05, 0.1) is 11.8 Å². The number of carbonyl (C=O) groups is 2. The van der Waals surface area contributed by atoms with Crippen LogP contribution in [0.2, 0.25) is 0 Å². The number of aliphatic hydroxyl groups excluding tert-OH is 1. The van der Waals surface area contributed by atoms with Crippen LogP contribution in [0.3, 0.4) is 0 Å². The second-order valence-electron chi connectivity index (χ2n) is 9.78. The highest BCUT2D eigenvalue weighted by Crippen LogP contribution is 2.42. The van der Waals surface area contributed by atoms with Crippen molar-refractivity contribution < 1.29 is 19.8 Å². The summed E-state index contributed by atoms with van der Waals surface area (Å²) < 4.78 is 0. The summed E-state index contributed by atoms with van der Waals surface area (Å²) in [6, 6.07) is 1.98. The molecule has 1 atom stereocenters. The molecule has 3 aliphatic rings. The van der Waals surface area contributed by atoms with Crippen LogP contribution in [0, 0.1) is 11.8 Å². The van der Waals surface area contributed by atoms with Crippen LogP contribution >= 0.6 is 11.3 Å². The molecule has 5 nitrogen and oxygen atoms in total. The molecule has 1 amide bonds. The number of amides is 1. The number of aliphatic hydroxyl groups is 1. The predicted molar refractivity (Wildman–Crippen MR) is 124 cm³/mol. The molecular weight excluding hydrogens is 410 g/mol. The van der Waals surface area contributed by atoms with E-state index in [1.165, 1.54) is 11.3 Å². The molecule has 0 bridgehead atoms. The van der Waals surface area contributed by atoms with Gasteiger partial charge >= 0.3 is 5.97 Å². The van der Waals surface area contributed by atoms with Gasteiger partial charge in [-0.1, -0.05) is 19.1 Å². The number of carbonyl (C=O) groups excluding carboxylic acids is 1. The Labute approximate surface area is 189 Å². The fraction of sp³-hybridized carbons (Fsp3) is 0.680. The topological polar surface area (TPSA) is 77.8 Å². The molecule has 0 spiro atoms. The van der Waals surface area contributed by atoms with E-state index in [4.69, 9.17) is 0 Å². The predicted octanol–water partition coefficient (Wildman–Crippen LogP) is 5.73. The number of hydrogen-bond donors (Lipinski definition) is 2. The average Bonchev–Trinajstić information content (AvgIpc) is 3.22. The molecule has 0 radical (unpaired) electrons. The first kappa shape index (κ1) is 22.5. The van der Waals surface area contributed by atoms with Crippen LogP contribution in [0.25, 0.3) is 0 Å². The van der Waals surface area contributed by atoms with Crippen LogP contribution in [-0.4, -0.2) is 34.2 Å². The zero-order valence-electron chi connectivity index (χ0n) is 18.5. The Morgan fingerprint density at radius 1 is 1.00 bits per heavy atom. The average molecular weight is 446 g/mol. The summed E-state index contributed by atoms with van der Waals surface area (Å²) in [5.41, 5.74) is 0.604. The van der Waals surface area contributed by atoms with Gasteiger partial charge in [0.25, 0.3) is 0 Å². The van der Waals surface area contributed by atoms with Gasteiger partial charge in [0.1, 0.15) is 4.88 Å². The molecule has 2 N–H and O–H groups in total. The van der Waals surface area contributed by atoms with Gasteiger partial charge in [-0.2, -0.15) is 0 Å². The van der Waals surface area contributed by atoms with Crippen molar-refractivity contribution in [2.24, 2.45) is 11.8 Å². The lowest BCUT2D eigenvalue weighted by molar-refractivity contribution is -0.124. The van der Waals surface area contributed by atoms with E-state index in [1.807, 2.05) is 11.0 Å². The third kappa shape index (κ3) is 5.06. The second-order valence-corrected chi connectivity index (χ2v) is 10.9. The number of carboxylic acid groups (broad SMARTS) is 1. The molecule has 170 valence electrons. The maximum Gasteiger partial charge on any atom is 0.348 e. The van der Waals surface area contributed by atoms with Gasteiger partial charge in [0, 0.05) is 16.8 Å². The number of carboxylic acids is 1. The monoisotopic (exact) mass is 445 g/mol. The smallest absolute Gasteiger partial charge is 0.348 e. The summed E-state index contributed by atoms with van der Waals surface area (Å²) in [5.74, 6) is 0.129. The van der Waals surface area contributed by atoms with E-state index in [0.29, 0.717) is 35.2 Å². The van der Waals surface area contributed by atoms with Crippen molar-refractivity contribution >= 4 is 28.9 Å². The minimum atomic E-state index is -0.941. The molecule has 3 aliphatic carbocycles. The van der Waals surface area contributed by atoms with Gasteiger partial charge in [0.15, 0.2) is 0 Å². The summed E-state index contributed by atoms with van der Waals surface area (Å²) in [6.45, 7) is 2.24. The zero-order valence-corrected chi connectivity index (χ0v) is 19.3. The highest BCUT2D eigenvalue weighted by atomic mass is 32.1. The lowest BCUT2D eigenvalue weighted by atomic mass is 9.81. The Kier molecular flexibility index (Phi) is 7.17. The number of thiophene rings is 1. The number of aromatic carboxylic acids is 1. The van der Waals surface area contributed by atoms with Crippen molar-refractivity contribution in [2.45, 2.75) is 95.6 Å². The van der Waals surface area contributed by atoms with E-state index in [9.17, 15) is 19.8 Å². The van der Waals surface area contributed by atoms with Gasteiger partial charge in [-0.3, -0.25) is 4.79 Å². The number of hydrogen-bond acceptors (Lipinski definition) is 4. The van der Waals surface area contributed by atoms with E-state index >= 15 is 0 Å². The van der Waals surface area contributed by atoms with Crippen LogP contribution in [0.5, 0.6) is 0 Å². The Morgan fingerprint density at radius 3 is 2.32 bits per heavy atom. The molecule has 6 heteroatoms. The largest absolute Gasteiger partial charge is 0.477 e. The van der Waals surface area contributed by atoms with E-state index in [1.54, 1.807) is 0 Å². The first-order chi connectivity index (χ1) is 14.9. The number of nitrogens with zero attached hydrogens (tertiary/aromatic N) is 1. The van der Waals surface area contributed by atoms with Gasteiger partial charge in [0.2, 0.25) is 5.91 Å². The Balaban J connectivity index is 1.68. The van der Waals surface area contributed by atoms with Gasteiger partial charge < -0.3 is 15.1 Å². The summed E-state index contributed by atoms with van der Waals surface area (Å²) in [5, 5.41) is 20.0. The van der Waals surface area contributed by atoms with Crippen LogP contribution < -0.4 is 4.90 Å². The van der Waals surface area contributed by atoms with E-state index in [0.717, 1.165) is 62.7 Å². The van der Waals surface area contributed by atoms with Gasteiger partial charge in [-0.25, -0.2) is 4.79 Å². The van der Waals surface area contributed by atoms with E-state index in [2.05, 4.69) is 19.1 Å². The fourth-order valence-electron chi connectivity index (χ4n) is 5.50. The molecule has 4 rings (SSSR count). The van der Waals surface area contributed by atoms with Crippen molar-refractivity contribution in [3.63, 3.8) is 0 Å². The zero-order chi connectivity index (χ0) is 22.0. The molecule has 1 unspecified atom stereocenters. The Bertz CT molecular complexity index is 815. The standard InChI is InChI=1S/C25H35NO4S/c1-16-7-9-18(10-8-16)24(28)26(19-11-13-20(27)14-12-19)21-15-22(31-23(21)25(29)30)17-5-3-2-4-6-17/h2-3,15-20,27H,4-14H2,1H3,(H,29,30). The molecule has 1 aromatic heterocycles. The van der Waals surface area contributed by atoms with Crippen molar-refractivity contribution in [2.75, 3.05) is 4.90 Å². The minimum absolute atomic E-state index is 0.0225. The van der Waals surface area contributed by atoms with Crippen LogP contribution in [-0.2, 0) is 4.79 Å². The first-order valence-electron chi connectivity index (χ1n) is 12.0. The van der Waals surface area contributed by atoms with Crippen molar-refractivity contribution in [1.29, 1.82) is 0 Å². The van der Waals surface area contributed by atoms with Crippen LogP contribution in [0.4, 0.5) is 5.69 Å². The molecule has 1 aromatic rings. The van der Waals surface area contributed by atoms with Crippen molar-refractivity contribution in [3.05, 3.63) is 28.0 Å². The lowest BCUT2D eigenvalue weighted by Crippen LogP contribution is -2.47. The molecule has 0 aromatic carbocycles. The van der Waals surface area contributed by atoms with E-state index < -0.39 is 5.97 Å². The number of anilines is 1. The first-order valence-corrected chi connectivity index (χ1v) is 12.8. The maximum atomic E-state index is 13.8. The Hall–Kier alpha value is -1.66. The molecule has 0 saturated heterocycles. The highest BCUT2D eigenvalue weighted by Gasteiger charge is 2.37.